The molecule has 3 rings (SSSR count). The Morgan fingerprint density at radius 3 is 2.70 bits per heavy atom. The zero-order chi connectivity index (χ0) is 19.2. The minimum Gasteiger partial charge on any atom is -0.494 e. The van der Waals surface area contributed by atoms with Crippen molar-refractivity contribution in [2.24, 2.45) is 0 Å². The van der Waals surface area contributed by atoms with Gasteiger partial charge in [0, 0.05) is 32.4 Å². The average molecular weight is 371 g/mol. The highest BCUT2D eigenvalue weighted by atomic mass is 16.5. The first-order chi connectivity index (χ1) is 13.1. The van der Waals surface area contributed by atoms with Crippen LogP contribution in [-0.2, 0) is 11.2 Å². The minimum atomic E-state index is 0.250. The van der Waals surface area contributed by atoms with E-state index in [9.17, 15) is 4.79 Å². The highest BCUT2D eigenvalue weighted by Gasteiger charge is 2.26. The summed E-state index contributed by atoms with van der Waals surface area (Å²) in [5.74, 6) is 2.88. The molecule has 1 saturated heterocycles. The molecule has 0 aliphatic carbocycles. The monoisotopic (exact) mass is 371 g/mol. The summed E-state index contributed by atoms with van der Waals surface area (Å²) < 4.78 is 10.6. The van der Waals surface area contributed by atoms with Crippen LogP contribution in [0.5, 0.6) is 5.75 Å². The summed E-state index contributed by atoms with van der Waals surface area (Å²) in [6.45, 7) is 8.09. The van der Waals surface area contributed by atoms with Crippen molar-refractivity contribution in [3.8, 4) is 5.75 Å². The standard InChI is InChI=1S/C21H29N3O3/c1-4-26-19-9-8-17(14-15(19)2)6-5-7-20(25)24-12-10-18(11-13-24)21-22-16(3)27-23-21/h8-9,14,18H,4-7,10-13H2,1-3H3. The fourth-order valence-corrected chi connectivity index (χ4v) is 3.65. The molecule has 6 heteroatoms. The minimum absolute atomic E-state index is 0.250. The molecular weight excluding hydrogens is 342 g/mol. The lowest BCUT2D eigenvalue weighted by molar-refractivity contribution is -0.132. The molecule has 1 fully saturated rings. The number of nitrogens with zero attached hydrogens (tertiary/aromatic N) is 3. The number of benzene rings is 1. The number of piperidine rings is 1. The molecule has 1 aliphatic rings. The Hall–Kier alpha value is -2.37. The topological polar surface area (TPSA) is 68.5 Å². The number of likely N-dealkylation sites (tertiary alicyclic amines) is 1. The predicted octanol–water partition coefficient (Wildman–Crippen LogP) is 3.81. The van der Waals surface area contributed by atoms with Gasteiger partial charge < -0.3 is 14.2 Å². The van der Waals surface area contributed by atoms with Crippen molar-refractivity contribution in [2.45, 2.75) is 58.8 Å². The third-order valence-corrected chi connectivity index (χ3v) is 5.15. The van der Waals surface area contributed by atoms with Gasteiger partial charge in [-0.1, -0.05) is 17.3 Å². The maximum atomic E-state index is 12.5. The summed E-state index contributed by atoms with van der Waals surface area (Å²) in [5.41, 5.74) is 2.41. The van der Waals surface area contributed by atoms with E-state index in [2.05, 4.69) is 29.2 Å². The first-order valence-corrected chi connectivity index (χ1v) is 9.87. The van der Waals surface area contributed by atoms with Crippen molar-refractivity contribution in [1.29, 1.82) is 0 Å². The smallest absolute Gasteiger partial charge is 0.223 e. The Labute approximate surface area is 160 Å². The molecule has 146 valence electrons. The molecule has 1 aromatic carbocycles. The average Bonchev–Trinajstić information content (AvgIpc) is 3.10. The first-order valence-electron chi connectivity index (χ1n) is 9.87. The number of aryl methyl sites for hydroxylation is 3. The largest absolute Gasteiger partial charge is 0.494 e. The molecule has 1 aliphatic heterocycles. The summed E-state index contributed by atoms with van der Waals surface area (Å²) in [7, 11) is 0. The molecule has 0 saturated carbocycles. The van der Waals surface area contributed by atoms with Crippen LogP contribution in [-0.4, -0.2) is 40.6 Å². The maximum Gasteiger partial charge on any atom is 0.223 e. The second-order valence-corrected chi connectivity index (χ2v) is 7.21. The van der Waals surface area contributed by atoms with Crippen LogP contribution in [0.4, 0.5) is 0 Å². The number of hydrogen-bond donors (Lipinski definition) is 0. The van der Waals surface area contributed by atoms with Crippen molar-refractivity contribution in [3.05, 3.63) is 41.0 Å². The quantitative estimate of drug-likeness (QED) is 0.740. The molecule has 2 aromatic rings. The van der Waals surface area contributed by atoms with Crippen LogP contribution in [0.3, 0.4) is 0 Å². The van der Waals surface area contributed by atoms with E-state index in [0.717, 1.165) is 55.9 Å². The number of carbonyl (C=O) groups is 1. The normalized spacial score (nSPS) is 15.1. The Kier molecular flexibility index (Phi) is 6.48. The van der Waals surface area contributed by atoms with E-state index in [-0.39, 0.29) is 5.91 Å². The SMILES string of the molecule is CCOc1ccc(CCCC(=O)N2CCC(c3noc(C)n3)CC2)cc1C. The number of carbonyl (C=O) groups excluding carboxylic acids is 1. The van der Waals surface area contributed by atoms with Gasteiger partial charge in [0.25, 0.3) is 0 Å². The fraction of sp³-hybridized carbons (Fsp3) is 0.571. The van der Waals surface area contributed by atoms with E-state index >= 15 is 0 Å². The van der Waals surface area contributed by atoms with Gasteiger partial charge >= 0.3 is 0 Å². The highest BCUT2D eigenvalue weighted by molar-refractivity contribution is 5.76. The third-order valence-electron chi connectivity index (χ3n) is 5.15. The van der Waals surface area contributed by atoms with Gasteiger partial charge in [0.2, 0.25) is 11.8 Å². The molecule has 0 N–H and O–H groups in total. The van der Waals surface area contributed by atoms with Gasteiger partial charge in [-0.05, 0) is 56.7 Å². The van der Waals surface area contributed by atoms with E-state index in [1.54, 1.807) is 6.92 Å². The highest BCUT2D eigenvalue weighted by Crippen LogP contribution is 2.26. The van der Waals surface area contributed by atoms with Gasteiger partial charge in [-0.15, -0.1) is 0 Å². The van der Waals surface area contributed by atoms with Crippen LogP contribution in [0.2, 0.25) is 0 Å². The van der Waals surface area contributed by atoms with Gasteiger partial charge in [-0.2, -0.15) is 4.98 Å². The summed E-state index contributed by atoms with van der Waals surface area (Å²) in [5, 5.41) is 4.02. The fourth-order valence-electron chi connectivity index (χ4n) is 3.65. The molecule has 0 bridgehead atoms. The Balaban J connectivity index is 1.42. The van der Waals surface area contributed by atoms with Crippen LogP contribution in [0.1, 0.15) is 61.4 Å². The zero-order valence-corrected chi connectivity index (χ0v) is 16.5. The van der Waals surface area contributed by atoms with Crippen LogP contribution in [0.15, 0.2) is 22.7 Å². The van der Waals surface area contributed by atoms with E-state index < -0.39 is 0 Å². The van der Waals surface area contributed by atoms with Crippen molar-refractivity contribution < 1.29 is 14.1 Å². The van der Waals surface area contributed by atoms with Crippen LogP contribution >= 0.6 is 0 Å². The molecule has 0 unspecified atom stereocenters. The maximum absolute atomic E-state index is 12.5. The van der Waals surface area contributed by atoms with E-state index in [1.165, 1.54) is 5.56 Å². The number of amides is 1. The van der Waals surface area contributed by atoms with Gasteiger partial charge in [-0.25, -0.2) is 0 Å². The van der Waals surface area contributed by atoms with E-state index in [4.69, 9.17) is 9.26 Å². The Morgan fingerprint density at radius 2 is 2.07 bits per heavy atom. The molecule has 0 radical (unpaired) electrons. The number of hydrogen-bond acceptors (Lipinski definition) is 5. The van der Waals surface area contributed by atoms with Crippen LogP contribution in [0, 0.1) is 13.8 Å². The Morgan fingerprint density at radius 1 is 1.30 bits per heavy atom. The molecule has 6 nitrogen and oxygen atoms in total. The van der Waals surface area contributed by atoms with E-state index in [0.29, 0.717) is 24.8 Å². The number of ether oxygens (including phenoxy) is 1. The molecule has 0 spiro atoms. The van der Waals surface area contributed by atoms with Gasteiger partial charge in [0.15, 0.2) is 5.82 Å². The second-order valence-electron chi connectivity index (χ2n) is 7.21. The van der Waals surface area contributed by atoms with Crippen LogP contribution < -0.4 is 4.74 Å². The van der Waals surface area contributed by atoms with Crippen LogP contribution in [0.25, 0.3) is 0 Å². The third kappa shape index (κ3) is 5.08. The lowest BCUT2D eigenvalue weighted by atomic mass is 9.95. The first kappa shape index (κ1) is 19.4. The van der Waals surface area contributed by atoms with Crippen molar-refractivity contribution in [3.63, 3.8) is 0 Å². The van der Waals surface area contributed by atoms with E-state index in [1.807, 2.05) is 17.9 Å². The van der Waals surface area contributed by atoms with Crippen molar-refractivity contribution in [2.75, 3.05) is 19.7 Å². The van der Waals surface area contributed by atoms with Crippen molar-refractivity contribution in [1.82, 2.24) is 15.0 Å². The van der Waals surface area contributed by atoms with Gasteiger partial charge in [0.05, 0.1) is 6.61 Å². The molecule has 1 aromatic heterocycles. The molecule has 27 heavy (non-hydrogen) atoms. The molecule has 0 atom stereocenters. The second kappa shape index (κ2) is 9.02. The number of rotatable bonds is 7. The lowest BCUT2D eigenvalue weighted by Crippen LogP contribution is -2.38. The van der Waals surface area contributed by atoms with Gasteiger partial charge in [0.1, 0.15) is 5.75 Å². The summed E-state index contributed by atoms with van der Waals surface area (Å²) in [4.78, 5) is 18.8. The predicted molar refractivity (Wildman–Crippen MR) is 103 cm³/mol. The molecule has 1 amide bonds. The lowest BCUT2D eigenvalue weighted by Gasteiger charge is -2.30. The summed E-state index contributed by atoms with van der Waals surface area (Å²) >= 11 is 0. The summed E-state index contributed by atoms with van der Waals surface area (Å²) in [6, 6.07) is 6.29. The Bertz CT molecular complexity index is 764. The van der Waals surface area contributed by atoms with Gasteiger partial charge in [-0.3, -0.25) is 4.79 Å². The van der Waals surface area contributed by atoms with Crippen molar-refractivity contribution >= 4 is 5.91 Å². The molecular formula is C21H29N3O3. The zero-order valence-electron chi connectivity index (χ0n) is 16.5. The molecule has 2 heterocycles. The number of aromatic nitrogens is 2. The summed E-state index contributed by atoms with van der Waals surface area (Å²) in [6.07, 6.45) is 4.19.